The van der Waals surface area contributed by atoms with Crippen LogP contribution in [0.15, 0.2) is 12.3 Å². The fourth-order valence-corrected chi connectivity index (χ4v) is 0.823. The maximum atomic E-state index is 6.89. The van der Waals surface area contributed by atoms with Crippen molar-refractivity contribution in [1.82, 2.24) is 4.98 Å². The average molecular weight is 169 g/mol. The van der Waals surface area contributed by atoms with E-state index in [0.717, 1.165) is 0 Å². The highest BCUT2D eigenvalue weighted by Crippen LogP contribution is 2.14. The van der Waals surface area contributed by atoms with Crippen molar-refractivity contribution >= 4 is 0 Å². The normalized spacial score (nSPS) is 14.6. The van der Waals surface area contributed by atoms with Crippen molar-refractivity contribution in [3.05, 3.63) is 24.0 Å². The lowest BCUT2D eigenvalue weighted by Crippen LogP contribution is -1.99. The number of methoxy groups -OCH3 is 1. The molecule has 0 saturated carbocycles. The third kappa shape index (κ3) is 2.20. The topological polar surface area (TPSA) is 31.4 Å². The summed E-state index contributed by atoms with van der Waals surface area (Å²) in [5.41, 5.74) is 0.440. The third-order valence-corrected chi connectivity index (χ3v) is 1.28. The van der Waals surface area contributed by atoms with Crippen LogP contribution < -0.4 is 4.74 Å². The minimum absolute atomic E-state index is 0.108. The van der Waals surface area contributed by atoms with Crippen molar-refractivity contribution in [2.45, 2.75) is 13.5 Å². The quantitative estimate of drug-likeness (QED) is 0.683. The molecule has 0 aliphatic carbocycles. The lowest BCUT2D eigenvalue weighted by molar-refractivity contribution is 0.176. The van der Waals surface area contributed by atoms with Gasteiger partial charge in [0.15, 0.2) is 5.75 Å². The number of rotatable bonds is 4. The highest BCUT2D eigenvalue weighted by molar-refractivity contribution is 5.24. The highest BCUT2D eigenvalue weighted by atomic mass is 16.5. The number of hydrogen-bond donors (Lipinski definition) is 0. The Kier molecular flexibility index (Phi) is 2.18. The fourth-order valence-electron chi connectivity index (χ4n) is 0.823. The summed E-state index contributed by atoms with van der Waals surface area (Å²) in [6, 6.07) is 4.43. The van der Waals surface area contributed by atoms with E-state index in [1.807, 2.05) is 6.92 Å². The Bertz CT molecular complexity index is 314. The molecular formula is C9H12NO2. The van der Waals surface area contributed by atoms with E-state index in [-0.39, 0.29) is 6.61 Å². The predicted octanol–water partition coefficient (Wildman–Crippen LogP) is 1.43. The van der Waals surface area contributed by atoms with E-state index in [4.69, 9.17) is 8.85 Å². The number of ether oxygens (including phenoxy) is 2. The first kappa shape index (κ1) is 5.54. The van der Waals surface area contributed by atoms with Crippen molar-refractivity contribution in [2.75, 3.05) is 13.6 Å². The molecule has 12 heavy (non-hydrogen) atoms. The predicted molar refractivity (Wildman–Crippen MR) is 45.0 cm³/mol. The third-order valence-electron chi connectivity index (χ3n) is 1.28. The Morgan fingerprint density at radius 1 is 1.75 bits per heavy atom. The standard InChI is InChI=1S/C9H12NO2/c1-3-12-9-5-4-6-10-8(9)7-11-2/h4,6H,3,7H2,1-2H3/i2D3. The van der Waals surface area contributed by atoms with E-state index in [1.54, 1.807) is 6.07 Å². The Labute approximate surface area is 76.6 Å². The molecule has 1 radical (unpaired) electrons. The summed E-state index contributed by atoms with van der Waals surface area (Å²) in [6.45, 7) is 2.20. The van der Waals surface area contributed by atoms with E-state index in [1.165, 1.54) is 6.20 Å². The van der Waals surface area contributed by atoms with E-state index in [2.05, 4.69) is 15.8 Å². The molecule has 0 bridgehead atoms. The molecule has 0 unspecified atom stereocenters. The van der Waals surface area contributed by atoms with Crippen LogP contribution >= 0.6 is 0 Å². The maximum absolute atomic E-state index is 6.89. The second-order valence-electron chi connectivity index (χ2n) is 2.09. The smallest absolute Gasteiger partial charge is 0.151 e. The van der Waals surface area contributed by atoms with Gasteiger partial charge in [-0.1, -0.05) is 0 Å². The van der Waals surface area contributed by atoms with Crippen LogP contribution in [0.3, 0.4) is 0 Å². The molecule has 0 N–H and O–H groups in total. The van der Waals surface area contributed by atoms with Gasteiger partial charge in [-0.05, 0) is 13.0 Å². The molecule has 1 heterocycles. The summed E-state index contributed by atoms with van der Waals surface area (Å²) in [7, 11) is -2.42. The molecule has 3 nitrogen and oxygen atoms in total. The van der Waals surface area contributed by atoms with Gasteiger partial charge in [-0.2, -0.15) is 0 Å². The molecule has 65 valence electrons. The van der Waals surface area contributed by atoms with Gasteiger partial charge < -0.3 is 9.47 Å². The molecule has 1 aromatic heterocycles. The molecular weight excluding hydrogens is 154 g/mol. The minimum atomic E-state index is -2.42. The summed E-state index contributed by atoms with van der Waals surface area (Å²) < 4.78 is 30.5. The molecule has 0 spiro atoms. The SMILES string of the molecule is [2H]C([2H])([2H])OCc1ncc[c]c1OCC. The van der Waals surface area contributed by atoms with Crippen molar-refractivity contribution in [3.8, 4) is 5.75 Å². The Hall–Kier alpha value is -1.09. The first-order chi connectivity index (χ1) is 7.03. The summed E-state index contributed by atoms with van der Waals surface area (Å²) in [5.74, 6) is 0.434. The molecule has 1 aromatic rings. The zero-order chi connectivity index (χ0) is 11.3. The molecule has 1 rings (SSSR count). The second kappa shape index (κ2) is 4.72. The summed E-state index contributed by atoms with van der Waals surface area (Å²) in [6.07, 6.45) is 1.51. The lowest BCUT2D eigenvalue weighted by Gasteiger charge is -2.06. The maximum Gasteiger partial charge on any atom is 0.151 e. The molecule has 3 heteroatoms. The Balaban J connectivity index is 2.67. The van der Waals surface area contributed by atoms with Gasteiger partial charge >= 0.3 is 0 Å². The molecule has 0 aliphatic heterocycles. The first-order valence-electron chi connectivity index (χ1n) is 5.15. The molecule has 0 aromatic carbocycles. The Morgan fingerprint density at radius 3 is 3.42 bits per heavy atom. The monoisotopic (exact) mass is 169 g/mol. The van der Waals surface area contributed by atoms with Crippen molar-refractivity contribution < 1.29 is 13.6 Å². The lowest BCUT2D eigenvalue weighted by atomic mass is 10.3. The molecule has 0 saturated heterocycles. The van der Waals surface area contributed by atoms with Crippen LogP contribution in [-0.2, 0) is 11.3 Å². The van der Waals surface area contributed by atoms with E-state index >= 15 is 0 Å². The van der Waals surface area contributed by atoms with Crippen molar-refractivity contribution in [1.29, 1.82) is 0 Å². The van der Waals surface area contributed by atoms with Gasteiger partial charge in [0.25, 0.3) is 0 Å². The minimum Gasteiger partial charge on any atom is -0.491 e. The van der Waals surface area contributed by atoms with Gasteiger partial charge in [0.05, 0.1) is 17.3 Å². The zero-order valence-electron chi connectivity index (χ0n) is 9.83. The van der Waals surface area contributed by atoms with Gasteiger partial charge in [0, 0.05) is 19.3 Å². The van der Waals surface area contributed by atoms with Crippen LogP contribution in [0.2, 0.25) is 0 Å². The van der Waals surface area contributed by atoms with E-state index in [0.29, 0.717) is 18.1 Å². The van der Waals surface area contributed by atoms with E-state index in [9.17, 15) is 0 Å². The van der Waals surface area contributed by atoms with Crippen LogP contribution in [-0.4, -0.2) is 18.6 Å². The van der Waals surface area contributed by atoms with Crippen LogP contribution in [0.4, 0.5) is 0 Å². The van der Waals surface area contributed by atoms with Gasteiger partial charge in [-0.15, -0.1) is 0 Å². The fraction of sp³-hybridized carbons (Fsp3) is 0.444. The molecule has 0 atom stereocenters. The summed E-state index contributed by atoms with van der Waals surface area (Å²) in [4.78, 5) is 3.97. The second-order valence-corrected chi connectivity index (χ2v) is 2.09. The van der Waals surface area contributed by atoms with Crippen molar-refractivity contribution in [2.24, 2.45) is 0 Å². The van der Waals surface area contributed by atoms with E-state index < -0.39 is 7.04 Å². The number of aromatic nitrogens is 1. The van der Waals surface area contributed by atoms with Crippen LogP contribution in [0.1, 0.15) is 16.7 Å². The largest absolute Gasteiger partial charge is 0.491 e. The zero-order valence-corrected chi connectivity index (χ0v) is 6.83. The van der Waals surface area contributed by atoms with Gasteiger partial charge in [-0.25, -0.2) is 0 Å². The molecule has 0 amide bonds. The average Bonchev–Trinajstić information content (AvgIpc) is 2.16. The van der Waals surface area contributed by atoms with Gasteiger partial charge in [-0.3, -0.25) is 4.98 Å². The highest BCUT2D eigenvalue weighted by Gasteiger charge is 2.02. The number of pyridine rings is 1. The summed E-state index contributed by atoms with van der Waals surface area (Å²) in [5, 5.41) is 0. The van der Waals surface area contributed by atoms with Gasteiger partial charge in [0.1, 0.15) is 5.69 Å². The van der Waals surface area contributed by atoms with Gasteiger partial charge in [0.2, 0.25) is 0 Å². The number of nitrogens with zero attached hydrogens (tertiary/aromatic N) is 1. The Morgan fingerprint density at radius 2 is 2.67 bits per heavy atom. The first-order valence-corrected chi connectivity index (χ1v) is 3.65. The number of hydrogen-bond acceptors (Lipinski definition) is 3. The molecule has 0 aliphatic rings. The van der Waals surface area contributed by atoms with Crippen LogP contribution in [0.5, 0.6) is 5.75 Å². The van der Waals surface area contributed by atoms with Crippen molar-refractivity contribution in [3.63, 3.8) is 0 Å². The van der Waals surface area contributed by atoms with Crippen LogP contribution in [0.25, 0.3) is 0 Å². The van der Waals surface area contributed by atoms with Crippen LogP contribution in [0, 0.1) is 6.07 Å². The summed E-state index contributed by atoms with van der Waals surface area (Å²) >= 11 is 0. The molecule has 0 fully saturated rings.